The first-order valence-electron chi connectivity index (χ1n) is 11.8. The Morgan fingerprint density at radius 3 is 1.89 bits per heavy atom. The molecule has 0 aliphatic heterocycles. The molecular formula is C23H35N2O10P2-. The first-order chi connectivity index (χ1) is 17.2. The third-order valence-electron chi connectivity index (χ3n) is 6.58. The molecule has 5 atom stereocenters. The molecule has 5 unspecified atom stereocenters. The van der Waals surface area contributed by atoms with E-state index in [1.54, 1.807) is 13.0 Å². The maximum atomic E-state index is 12.2. The van der Waals surface area contributed by atoms with Crippen LogP contribution >= 0.6 is 15.2 Å². The fraction of sp³-hybridized carbons (Fsp3) is 0.478. The van der Waals surface area contributed by atoms with Crippen LogP contribution in [0.2, 0.25) is 0 Å². The summed E-state index contributed by atoms with van der Waals surface area (Å²) < 4.78 is 24.1. The number of aromatic hydroxyl groups is 2. The molecule has 0 bridgehead atoms. The molecule has 208 valence electrons. The molecule has 7 N–H and O–H groups in total. The average Bonchev–Trinajstić information content (AvgIpc) is 2.82. The van der Waals surface area contributed by atoms with Crippen LogP contribution in [-0.2, 0) is 35.4 Å². The summed E-state index contributed by atoms with van der Waals surface area (Å²) in [6.07, 6.45) is 0.0217. The molecule has 0 aromatic heterocycles. The smallest absolute Gasteiger partial charge is 0.190 e. The Labute approximate surface area is 215 Å². The van der Waals surface area contributed by atoms with Crippen molar-refractivity contribution < 1.29 is 58.9 Å². The number of hydrogen-bond acceptors (Lipinski definition) is 9. The molecule has 0 saturated heterocycles. The summed E-state index contributed by atoms with van der Waals surface area (Å²) >= 11 is 0. The fourth-order valence-electron chi connectivity index (χ4n) is 4.34. The highest BCUT2D eigenvalue weighted by atomic mass is 31.2. The lowest BCUT2D eigenvalue weighted by Gasteiger charge is -2.41. The average molecular weight is 561 g/mol. The van der Waals surface area contributed by atoms with Crippen molar-refractivity contribution in [3.8, 4) is 11.5 Å². The van der Waals surface area contributed by atoms with Crippen molar-refractivity contribution in [2.45, 2.75) is 58.1 Å². The van der Waals surface area contributed by atoms with Crippen molar-refractivity contribution in [1.82, 2.24) is 0 Å². The third kappa shape index (κ3) is 8.87. The molecule has 37 heavy (non-hydrogen) atoms. The van der Waals surface area contributed by atoms with Gasteiger partial charge in [-0.2, -0.15) is 0 Å². The van der Waals surface area contributed by atoms with Gasteiger partial charge in [-0.3, -0.25) is 0 Å². The zero-order chi connectivity index (χ0) is 28.0. The van der Waals surface area contributed by atoms with Crippen LogP contribution in [0.1, 0.15) is 42.5 Å². The molecule has 0 amide bonds. The first-order valence-corrected chi connectivity index (χ1v) is 15.0. The molecule has 2 aromatic carbocycles. The van der Waals surface area contributed by atoms with Crippen molar-refractivity contribution in [2.24, 2.45) is 0 Å². The Morgan fingerprint density at radius 1 is 0.838 bits per heavy atom. The summed E-state index contributed by atoms with van der Waals surface area (Å²) in [7, 11) is -9.96. The van der Waals surface area contributed by atoms with E-state index in [1.807, 2.05) is 0 Å². The summed E-state index contributed by atoms with van der Waals surface area (Å²) in [5.74, 6) is -3.04. The Bertz CT molecular complexity index is 1140. The van der Waals surface area contributed by atoms with Crippen LogP contribution in [0.4, 0.5) is 0 Å². The number of phenols is 2. The number of aliphatic hydroxyl groups is 2. The lowest BCUT2D eigenvalue weighted by atomic mass is 10.1. The number of rotatable bonds is 14. The standard InChI is InChI=1S/C23H36N2O10P2/c1-3-23(37(33,34)35)25(12-19-6-4-18(15-27)11-22(19)29)9-8-24(16(2)36(30,31)32)13-20-10-17(14-26)5-7-21(20)28/h4-7,10-11,16,23,26-29H,3,8-9,12-15H2,1-2H3,(H2,30,31,32)(H2,33,34,35)/p-1. The van der Waals surface area contributed by atoms with Gasteiger partial charge in [0.25, 0.3) is 0 Å². The minimum Gasteiger partial charge on any atom is -0.807 e. The Morgan fingerprint density at radius 2 is 1.38 bits per heavy atom. The molecule has 14 heteroatoms. The lowest BCUT2D eigenvalue weighted by Crippen LogP contribution is -3.22. The van der Waals surface area contributed by atoms with E-state index in [4.69, 9.17) is 0 Å². The minimum absolute atomic E-state index is 0.0212. The Balaban J connectivity index is 2.40. The highest BCUT2D eigenvalue weighted by molar-refractivity contribution is 7.50. The van der Waals surface area contributed by atoms with Crippen molar-refractivity contribution in [3.05, 3.63) is 58.7 Å². The van der Waals surface area contributed by atoms with E-state index in [1.165, 1.54) is 37.3 Å². The van der Waals surface area contributed by atoms with Crippen LogP contribution in [0, 0.1) is 0 Å². The number of nitrogens with one attached hydrogen (secondary N) is 2. The Kier molecular flexibility index (Phi) is 11.3. The summed E-state index contributed by atoms with van der Waals surface area (Å²) in [6.45, 7) is 1.95. The van der Waals surface area contributed by atoms with Crippen LogP contribution < -0.4 is 24.5 Å². The van der Waals surface area contributed by atoms with Gasteiger partial charge in [0.15, 0.2) is 13.4 Å². The summed E-state index contributed by atoms with van der Waals surface area (Å²) in [4.78, 5) is 46.4. The number of benzene rings is 2. The van der Waals surface area contributed by atoms with Gasteiger partial charge in [0.05, 0.1) is 13.2 Å². The van der Waals surface area contributed by atoms with Gasteiger partial charge >= 0.3 is 0 Å². The second-order valence-corrected chi connectivity index (χ2v) is 12.7. The molecule has 2 aromatic rings. The van der Waals surface area contributed by atoms with Gasteiger partial charge in [0, 0.05) is 17.5 Å². The van der Waals surface area contributed by atoms with Crippen LogP contribution in [0.25, 0.3) is 0 Å². The van der Waals surface area contributed by atoms with Crippen molar-refractivity contribution in [2.75, 3.05) is 13.1 Å². The second kappa shape index (κ2) is 13.3. The zero-order valence-corrected chi connectivity index (χ0v) is 22.5. The van der Waals surface area contributed by atoms with Crippen LogP contribution in [-0.4, -0.2) is 50.0 Å². The topological polar surface area (TPSA) is 213 Å². The Hall–Kier alpha value is -1.82. The third-order valence-corrected chi connectivity index (χ3v) is 9.41. The number of phenolic OH excluding ortho intramolecular Hbond substituents is 2. The van der Waals surface area contributed by atoms with Crippen LogP contribution in [0.5, 0.6) is 11.5 Å². The fourth-order valence-corrected chi connectivity index (χ4v) is 6.15. The largest absolute Gasteiger partial charge is 0.807 e. The zero-order valence-electron chi connectivity index (χ0n) is 20.7. The second-order valence-electron chi connectivity index (χ2n) is 9.12. The maximum Gasteiger partial charge on any atom is 0.190 e. The van der Waals surface area contributed by atoms with Gasteiger partial charge in [0.1, 0.15) is 43.5 Å². The molecule has 0 aliphatic rings. The molecule has 0 aliphatic carbocycles. The number of quaternary nitrogens is 2. The van der Waals surface area contributed by atoms with Crippen molar-refractivity contribution in [1.29, 1.82) is 0 Å². The predicted molar refractivity (Wildman–Crippen MR) is 128 cm³/mol. The summed E-state index contributed by atoms with van der Waals surface area (Å²) in [6, 6.07) is 8.75. The van der Waals surface area contributed by atoms with E-state index >= 15 is 0 Å². The van der Waals surface area contributed by atoms with E-state index in [2.05, 4.69) is 0 Å². The van der Waals surface area contributed by atoms with E-state index in [0.717, 1.165) is 0 Å². The molecule has 0 spiro atoms. The van der Waals surface area contributed by atoms with Crippen LogP contribution in [0.15, 0.2) is 36.4 Å². The molecule has 0 saturated carbocycles. The predicted octanol–water partition coefficient (Wildman–Crippen LogP) is -2.91. The van der Waals surface area contributed by atoms with Gasteiger partial charge in [-0.05, 0) is 49.9 Å². The normalized spacial score (nSPS) is 17.1. The van der Waals surface area contributed by atoms with Gasteiger partial charge in [-0.15, -0.1) is 0 Å². The van der Waals surface area contributed by atoms with Gasteiger partial charge < -0.3 is 58.9 Å². The SMILES string of the molecule is CCC([NH+](CC[NH+](Cc1cc(CO)ccc1O)C(C)P(=O)([O-])[O-])Cc1ccc(CO)cc1O)P(=O)([O-])O. The number of aliphatic hydroxyl groups excluding tert-OH is 2. The highest BCUT2D eigenvalue weighted by Gasteiger charge is 2.33. The first kappa shape index (κ1) is 31.4. The summed E-state index contributed by atoms with van der Waals surface area (Å²) in [5.41, 5.74) is 1.56. The van der Waals surface area contributed by atoms with Crippen molar-refractivity contribution >= 4 is 15.2 Å². The van der Waals surface area contributed by atoms with E-state index in [-0.39, 0.29) is 62.2 Å². The monoisotopic (exact) mass is 561 g/mol. The van der Waals surface area contributed by atoms with Crippen LogP contribution in [0.3, 0.4) is 0 Å². The molecule has 0 heterocycles. The van der Waals surface area contributed by atoms with E-state index in [0.29, 0.717) is 27.2 Å². The lowest BCUT2D eigenvalue weighted by molar-refractivity contribution is -0.983. The molecule has 0 fully saturated rings. The quantitative estimate of drug-likeness (QED) is 0.117. The minimum atomic E-state index is -5.10. The number of hydrogen-bond donors (Lipinski definition) is 7. The maximum absolute atomic E-state index is 12.2. The van der Waals surface area contributed by atoms with Gasteiger partial charge in [0.2, 0.25) is 0 Å². The molecular weight excluding hydrogens is 526 g/mol. The molecule has 12 nitrogen and oxygen atoms in total. The van der Waals surface area contributed by atoms with Gasteiger partial charge in [-0.1, -0.05) is 19.1 Å². The molecule has 2 rings (SSSR count). The summed E-state index contributed by atoms with van der Waals surface area (Å²) in [5, 5.41) is 39.3. The van der Waals surface area contributed by atoms with E-state index < -0.39 is 26.8 Å². The molecule has 0 radical (unpaired) electrons. The van der Waals surface area contributed by atoms with E-state index in [9.17, 15) is 49.1 Å². The van der Waals surface area contributed by atoms with Crippen molar-refractivity contribution in [3.63, 3.8) is 0 Å². The van der Waals surface area contributed by atoms with Gasteiger partial charge in [-0.25, -0.2) is 0 Å². The highest BCUT2D eigenvalue weighted by Crippen LogP contribution is 2.34.